The van der Waals surface area contributed by atoms with Gasteiger partial charge >= 0.3 is 0 Å². The number of allylic oxidation sites excluding steroid dienone is 8. The monoisotopic (exact) mass is 448 g/mol. The van der Waals surface area contributed by atoms with Gasteiger partial charge in [0.2, 0.25) is 0 Å². The first-order valence-corrected chi connectivity index (χ1v) is 12.7. The van der Waals surface area contributed by atoms with Crippen LogP contribution < -0.4 is 0 Å². The Morgan fingerprint density at radius 1 is 1.15 bits per heavy atom. The van der Waals surface area contributed by atoms with E-state index in [0.717, 1.165) is 29.9 Å². The molecule has 0 heterocycles. The lowest BCUT2D eigenvalue weighted by Gasteiger charge is -2.44. The number of benzene rings is 1. The van der Waals surface area contributed by atoms with Gasteiger partial charge in [-0.3, -0.25) is 0 Å². The Balaban J connectivity index is 0.000000569. The van der Waals surface area contributed by atoms with Gasteiger partial charge in [0.25, 0.3) is 0 Å². The smallest absolute Gasteiger partial charge is 0.133 e. The molecule has 180 valence electrons. The van der Waals surface area contributed by atoms with E-state index < -0.39 is 0 Å². The SMILES string of the molecule is C=C1C2=C(C(C)=CCC2CC=CC)C(C)(C)c2cc(C)c(F)c(/C=C\C)c21.CCC(C)CC. The van der Waals surface area contributed by atoms with Crippen LogP contribution in [-0.4, -0.2) is 0 Å². The van der Waals surface area contributed by atoms with Crippen molar-refractivity contribution < 1.29 is 4.39 Å². The molecule has 1 aromatic rings. The fourth-order valence-electron chi connectivity index (χ4n) is 5.22. The Hall–Kier alpha value is -2.15. The molecule has 1 heteroatoms. The van der Waals surface area contributed by atoms with E-state index in [0.29, 0.717) is 17.0 Å². The van der Waals surface area contributed by atoms with Gasteiger partial charge in [-0.2, -0.15) is 0 Å². The molecule has 2 aliphatic carbocycles. The van der Waals surface area contributed by atoms with Gasteiger partial charge in [0.15, 0.2) is 0 Å². The van der Waals surface area contributed by atoms with Gasteiger partial charge < -0.3 is 0 Å². The predicted octanol–water partition coefficient (Wildman–Crippen LogP) is 10.1. The third kappa shape index (κ3) is 5.34. The molecule has 0 bridgehead atoms. The minimum Gasteiger partial charge on any atom is -0.206 e. The van der Waals surface area contributed by atoms with Crippen molar-refractivity contribution in [2.45, 2.75) is 93.4 Å². The highest BCUT2D eigenvalue weighted by atomic mass is 19.1. The summed E-state index contributed by atoms with van der Waals surface area (Å²) >= 11 is 0. The van der Waals surface area contributed by atoms with Crippen LogP contribution >= 0.6 is 0 Å². The number of aryl methyl sites for hydroxylation is 1. The van der Waals surface area contributed by atoms with Gasteiger partial charge in [0.05, 0.1) is 0 Å². The molecular weight excluding hydrogens is 403 g/mol. The molecule has 0 radical (unpaired) electrons. The Labute approximate surface area is 203 Å². The van der Waals surface area contributed by atoms with Gasteiger partial charge in [-0.1, -0.05) is 96.1 Å². The molecule has 0 aromatic heterocycles. The van der Waals surface area contributed by atoms with E-state index in [2.05, 4.69) is 73.3 Å². The van der Waals surface area contributed by atoms with Crippen LogP contribution in [0, 0.1) is 24.6 Å². The Morgan fingerprint density at radius 3 is 2.30 bits per heavy atom. The predicted molar refractivity (Wildman–Crippen MR) is 146 cm³/mol. The molecule has 2 aliphatic rings. The Kier molecular flexibility index (Phi) is 9.29. The molecule has 0 N–H and O–H groups in total. The van der Waals surface area contributed by atoms with Gasteiger partial charge in [-0.25, -0.2) is 4.39 Å². The molecule has 33 heavy (non-hydrogen) atoms. The van der Waals surface area contributed by atoms with Gasteiger partial charge in [0, 0.05) is 11.0 Å². The van der Waals surface area contributed by atoms with Crippen LogP contribution in [-0.2, 0) is 5.41 Å². The minimum absolute atomic E-state index is 0.124. The van der Waals surface area contributed by atoms with E-state index in [1.54, 1.807) is 0 Å². The molecule has 1 atom stereocenters. The van der Waals surface area contributed by atoms with E-state index >= 15 is 4.39 Å². The summed E-state index contributed by atoms with van der Waals surface area (Å²) in [7, 11) is 0. The van der Waals surface area contributed by atoms with Crippen LogP contribution in [0.15, 0.2) is 53.7 Å². The van der Waals surface area contributed by atoms with Crippen LogP contribution in [0.2, 0.25) is 0 Å². The molecule has 0 amide bonds. The first kappa shape index (κ1) is 27.1. The lowest BCUT2D eigenvalue weighted by molar-refractivity contribution is 0.544. The topological polar surface area (TPSA) is 0 Å². The zero-order chi connectivity index (χ0) is 24.9. The number of hydrogen-bond acceptors (Lipinski definition) is 0. The average Bonchev–Trinajstić information content (AvgIpc) is 2.79. The summed E-state index contributed by atoms with van der Waals surface area (Å²) in [6, 6.07) is 2.04. The largest absolute Gasteiger partial charge is 0.206 e. The maximum atomic E-state index is 15.1. The van der Waals surface area contributed by atoms with Crippen LogP contribution in [0.1, 0.15) is 103 Å². The molecule has 1 aromatic carbocycles. The van der Waals surface area contributed by atoms with Crippen LogP contribution in [0.4, 0.5) is 4.39 Å². The van der Waals surface area contributed by atoms with E-state index in [-0.39, 0.29) is 11.2 Å². The fourth-order valence-corrected chi connectivity index (χ4v) is 5.22. The van der Waals surface area contributed by atoms with Crippen molar-refractivity contribution in [2.75, 3.05) is 0 Å². The maximum absolute atomic E-state index is 15.1. The highest BCUT2D eigenvalue weighted by Gasteiger charge is 2.41. The molecule has 0 spiro atoms. The molecule has 1 unspecified atom stereocenters. The van der Waals surface area contributed by atoms with Crippen molar-refractivity contribution in [2.24, 2.45) is 11.8 Å². The van der Waals surface area contributed by atoms with Crippen molar-refractivity contribution in [1.82, 2.24) is 0 Å². The van der Waals surface area contributed by atoms with Crippen molar-refractivity contribution in [3.8, 4) is 0 Å². The zero-order valence-corrected chi connectivity index (χ0v) is 22.5. The lowest BCUT2D eigenvalue weighted by Crippen LogP contribution is -2.32. The molecule has 3 rings (SSSR count). The van der Waals surface area contributed by atoms with Crippen molar-refractivity contribution in [3.63, 3.8) is 0 Å². The molecule has 0 saturated heterocycles. The quantitative estimate of drug-likeness (QED) is 0.393. The molecule has 0 nitrogen and oxygen atoms in total. The summed E-state index contributed by atoms with van der Waals surface area (Å²) in [6.07, 6.45) is 15.2. The van der Waals surface area contributed by atoms with Crippen LogP contribution in [0.25, 0.3) is 11.6 Å². The summed E-state index contributed by atoms with van der Waals surface area (Å²) < 4.78 is 15.1. The highest BCUT2D eigenvalue weighted by molar-refractivity contribution is 5.91. The normalized spacial score (nSPS) is 19.5. The number of rotatable bonds is 5. The van der Waals surface area contributed by atoms with E-state index in [1.807, 2.05) is 32.1 Å². The molecular formula is C32H45F. The second-order valence-electron chi connectivity index (χ2n) is 10.3. The highest BCUT2D eigenvalue weighted by Crippen LogP contribution is 2.54. The second kappa shape index (κ2) is 11.3. The summed E-state index contributed by atoms with van der Waals surface area (Å²) in [5, 5.41) is 0. The first-order valence-electron chi connectivity index (χ1n) is 12.7. The van der Waals surface area contributed by atoms with Gasteiger partial charge in [-0.05, 0) is 85.8 Å². The first-order chi connectivity index (χ1) is 15.6. The second-order valence-corrected chi connectivity index (χ2v) is 10.3. The lowest BCUT2D eigenvalue weighted by atomic mass is 9.60. The minimum atomic E-state index is -0.171. The third-order valence-corrected chi connectivity index (χ3v) is 7.57. The van der Waals surface area contributed by atoms with Gasteiger partial charge in [0.1, 0.15) is 5.82 Å². The van der Waals surface area contributed by atoms with E-state index in [1.165, 1.54) is 35.1 Å². The number of halogens is 1. The summed E-state index contributed by atoms with van der Waals surface area (Å²) in [4.78, 5) is 0. The van der Waals surface area contributed by atoms with Crippen molar-refractivity contribution in [3.05, 3.63) is 81.7 Å². The third-order valence-electron chi connectivity index (χ3n) is 7.57. The maximum Gasteiger partial charge on any atom is 0.133 e. The summed E-state index contributed by atoms with van der Waals surface area (Å²) in [5.74, 6) is 1.22. The summed E-state index contributed by atoms with van der Waals surface area (Å²) in [5.41, 5.74) is 8.48. The Morgan fingerprint density at radius 2 is 1.79 bits per heavy atom. The average molecular weight is 449 g/mol. The Bertz CT molecular complexity index is 988. The van der Waals surface area contributed by atoms with Crippen molar-refractivity contribution in [1.29, 1.82) is 0 Å². The van der Waals surface area contributed by atoms with Gasteiger partial charge in [-0.15, -0.1) is 0 Å². The van der Waals surface area contributed by atoms with E-state index in [4.69, 9.17) is 0 Å². The van der Waals surface area contributed by atoms with Crippen molar-refractivity contribution >= 4 is 11.6 Å². The van der Waals surface area contributed by atoms with E-state index in [9.17, 15) is 0 Å². The number of fused-ring (bicyclic) bond motifs is 1. The molecule has 0 saturated carbocycles. The molecule has 0 aliphatic heterocycles. The number of hydrogen-bond donors (Lipinski definition) is 0. The fraction of sp³-hybridized carbons (Fsp3) is 0.500. The zero-order valence-electron chi connectivity index (χ0n) is 22.5. The van der Waals surface area contributed by atoms with Crippen LogP contribution in [0.5, 0.6) is 0 Å². The molecule has 0 fully saturated rings. The van der Waals surface area contributed by atoms with Crippen LogP contribution in [0.3, 0.4) is 0 Å². The standard InChI is InChI=1S/C26H31F.C6H14/c1-8-10-12-19-14-13-16(3)24-22(19)18(5)23-20(11-9-2)25(27)17(4)15-21(23)26(24,6)7;1-4-6(3)5-2/h8-11,13,15,19H,5,12,14H2,1-4,6-7H3;6H,4-5H2,1-3H3/b10-8?,11-9-;. The summed E-state index contributed by atoms with van der Waals surface area (Å²) in [6.45, 7) is 23.9.